The van der Waals surface area contributed by atoms with Crippen LogP contribution >= 0.6 is 0 Å². The third-order valence-corrected chi connectivity index (χ3v) is 5.11. The van der Waals surface area contributed by atoms with Gasteiger partial charge in [-0.15, -0.1) is 0 Å². The first-order valence-corrected chi connectivity index (χ1v) is 11.3. The van der Waals surface area contributed by atoms with E-state index < -0.39 is 5.69 Å². The summed E-state index contributed by atoms with van der Waals surface area (Å²) in [6.07, 6.45) is 21.7. The molecule has 5 nitrogen and oxygen atoms in total. The molecule has 3 N–H and O–H groups in total. The molecular weight excluding hydrogens is 338 g/mol. The number of nitrogens with one attached hydrogen (secondary N) is 3. The first-order chi connectivity index (χ1) is 13.2. The standard InChI is InChI=1S/C22H41N3O2/c1-2-3-4-5-6-7-8-9-10-11-12-13-14-15-16-17-18-23-20-19-21(26)25-22(27)24-20/h19H,2-18H2,1H3,(H3,23,24,25,26,27). The quantitative estimate of drug-likeness (QED) is 0.285. The lowest BCUT2D eigenvalue weighted by atomic mass is 10.0. The van der Waals surface area contributed by atoms with Gasteiger partial charge in [-0.25, -0.2) is 4.79 Å². The van der Waals surface area contributed by atoms with Crippen molar-refractivity contribution in [2.45, 2.75) is 110 Å². The molecule has 0 aromatic carbocycles. The lowest BCUT2D eigenvalue weighted by molar-refractivity contribution is 0.530. The minimum absolute atomic E-state index is 0.367. The molecule has 0 radical (unpaired) electrons. The van der Waals surface area contributed by atoms with Gasteiger partial charge < -0.3 is 5.32 Å². The Balaban J connectivity index is 1.79. The second-order valence-corrected chi connectivity index (χ2v) is 7.73. The second-order valence-electron chi connectivity index (χ2n) is 7.73. The van der Waals surface area contributed by atoms with Gasteiger partial charge in [0.15, 0.2) is 0 Å². The molecule has 0 amide bonds. The monoisotopic (exact) mass is 379 g/mol. The van der Waals surface area contributed by atoms with Crippen LogP contribution in [-0.4, -0.2) is 16.5 Å². The van der Waals surface area contributed by atoms with Crippen LogP contribution in [0.1, 0.15) is 110 Å². The zero-order chi connectivity index (χ0) is 19.6. The summed E-state index contributed by atoms with van der Waals surface area (Å²) in [7, 11) is 0. The van der Waals surface area contributed by atoms with Crippen molar-refractivity contribution in [3.8, 4) is 0 Å². The molecule has 0 spiro atoms. The second kappa shape index (κ2) is 16.6. The molecule has 0 aliphatic carbocycles. The van der Waals surface area contributed by atoms with Crippen LogP contribution < -0.4 is 16.6 Å². The van der Waals surface area contributed by atoms with Crippen LogP contribution in [0.25, 0.3) is 0 Å². The maximum absolute atomic E-state index is 11.2. The highest BCUT2D eigenvalue weighted by atomic mass is 16.2. The maximum Gasteiger partial charge on any atom is 0.327 e. The predicted octanol–water partition coefficient (Wildman–Crippen LogP) is 5.74. The number of aromatic amines is 2. The van der Waals surface area contributed by atoms with Gasteiger partial charge in [-0.3, -0.25) is 14.8 Å². The first kappa shape index (κ1) is 23.5. The molecule has 156 valence electrons. The number of H-pyrrole nitrogens is 2. The summed E-state index contributed by atoms with van der Waals surface area (Å²) in [5.74, 6) is 0.504. The summed E-state index contributed by atoms with van der Waals surface area (Å²) in [6.45, 7) is 3.06. The third kappa shape index (κ3) is 14.2. The van der Waals surface area contributed by atoms with Crippen LogP contribution in [0, 0.1) is 0 Å². The van der Waals surface area contributed by atoms with E-state index in [1.165, 1.54) is 102 Å². The van der Waals surface area contributed by atoms with Crippen LogP contribution in [0.5, 0.6) is 0 Å². The Bertz CT molecular complexity index is 537. The average Bonchev–Trinajstić information content (AvgIpc) is 2.63. The Morgan fingerprint density at radius 1 is 0.667 bits per heavy atom. The molecule has 0 aliphatic heterocycles. The maximum atomic E-state index is 11.2. The van der Waals surface area contributed by atoms with Crippen molar-refractivity contribution in [2.24, 2.45) is 0 Å². The Labute approximate surface area is 164 Å². The third-order valence-electron chi connectivity index (χ3n) is 5.11. The summed E-state index contributed by atoms with van der Waals surface area (Å²) in [6, 6.07) is 1.38. The number of anilines is 1. The van der Waals surface area contributed by atoms with Gasteiger partial charge in [-0.05, 0) is 6.42 Å². The zero-order valence-corrected chi connectivity index (χ0v) is 17.4. The van der Waals surface area contributed by atoms with E-state index in [-0.39, 0.29) is 5.56 Å². The summed E-state index contributed by atoms with van der Waals surface area (Å²) in [4.78, 5) is 27.1. The molecule has 0 saturated heterocycles. The van der Waals surface area contributed by atoms with Crippen LogP contribution in [0.4, 0.5) is 5.82 Å². The Hall–Kier alpha value is -1.52. The highest BCUT2D eigenvalue weighted by Gasteiger charge is 1.97. The number of hydrogen-bond acceptors (Lipinski definition) is 3. The molecule has 0 atom stereocenters. The SMILES string of the molecule is CCCCCCCCCCCCCCCCCCNc1cc(=O)[nH]c(=O)[nH]1. The predicted molar refractivity (Wildman–Crippen MR) is 116 cm³/mol. The van der Waals surface area contributed by atoms with Gasteiger partial charge in [0.1, 0.15) is 5.82 Å². The lowest BCUT2D eigenvalue weighted by Gasteiger charge is -2.05. The van der Waals surface area contributed by atoms with Crippen LogP contribution in [0.2, 0.25) is 0 Å². The summed E-state index contributed by atoms with van der Waals surface area (Å²) < 4.78 is 0. The molecule has 1 rings (SSSR count). The topological polar surface area (TPSA) is 77.8 Å². The van der Waals surface area contributed by atoms with Gasteiger partial charge in [-0.1, -0.05) is 103 Å². The molecule has 0 aliphatic rings. The van der Waals surface area contributed by atoms with E-state index >= 15 is 0 Å². The van der Waals surface area contributed by atoms with E-state index in [0.29, 0.717) is 5.82 Å². The van der Waals surface area contributed by atoms with Gasteiger partial charge in [0.25, 0.3) is 5.56 Å². The van der Waals surface area contributed by atoms with Gasteiger partial charge in [0.05, 0.1) is 0 Å². The first-order valence-electron chi connectivity index (χ1n) is 11.3. The highest BCUT2D eigenvalue weighted by Crippen LogP contribution is 2.13. The van der Waals surface area contributed by atoms with Crippen LogP contribution in [0.15, 0.2) is 15.7 Å². The van der Waals surface area contributed by atoms with Crippen molar-refractivity contribution in [3.63, 3.8) is 0 Å². The minimum Gasteiger partial charge on any atom is -0.371 e. The fourth-order valence-electron chi connectivity index (χ4n) is 3.46. The highest BCUT2D eigenvalue weighted by molar-refractivity contribution is 5.31. The van der Waals surface area contributed by atoms with Crippen molar-refractivity contribution >= 4 is 5.82 Å². The Kier molecular flexibility index (Phi) is 14.5. The van der Waals surface area contributed by atoms with E-state index in [9.17, 15) is 9.59 Å². The van der Waals surface area contributed by atoms with Crippen molar-refractivity contribution in [2.75, 3.05) is 11.9 Å². The van der Waals surface area contributed by atoms with E-state index in [1.54, 1.807) is 0 Å². The molecular formula is C22H41N3O2. The fraction of sp³-hybridized carbons (Fsp3) is 0.818. The molecule has 1 aromatic rings. The molecule has 0 bridgehead atoms. The Morgan fingerprint density at radius 3 is 1.56 bits per heavy atom. The average molecular weight is 380 g/mol. The molecule has 1 heterocycles. The van der Waals surface area contributed by atoms with Crippen LogP contribution in [0.3, 0.4) is 0 Å². The van der Waals surface area contributed by atoms with E-state index in [0.717, 1.165) is 13.0 Å². The van der Waals surface area contributed by atoms with Crippen molar-refractivity contribution in [3.05, 3.63) is 26.9 Å². The normalized spacial score (nSPS) is 11.0. The zero-order valence-electron chi connectivity index (χ0n) is 17.4. The smallest absolute Gasteiger partial charge is 0.327 e. The van der Waals surface area contributed by atoms with Gasteiger partial charge >= 0.3 is 5.69 Å². The van der Waals surface area contributed by atoms with Crippen molar-refractivity contribution in [1.82, 2.24) is 9.97 Å². The molecule has 0 saturated carbocycles. The summed E-state index contributed by atoms with van der Waals surface area (Å²) in [5, 5.41) is 3.10. The molecule has 1 aromatic heterocycles. The van der Waals surface area contributed by atoms with Gasteiger partial charge in [-0.2, -0.15) is 0 Å². The molecule has 5 heteroatoms. The van der Waals surface area contributed by atoms with E-state index in [4.69, 9.17) is 0 Å². The van der Waals surface area contributed by atoms with E-state index in [2.05, 4.69) is 22.2 Å². The number of aromatic nitrogens is 2. The largest absolute Gasteiger partial charge is 0.371 e. The molecule has 0 fully saturated rings. The number of hydrogen-bond donors (Lipinski definition) is 3. The summed E-state index contributed by atoms with van der Waals surface area (Å²) in [5.41, 5.74) is -0.829. The fourth-order valence-corrected chi connectivity index (χ4v) is 3.46. The molecule has 27 heavy (non-hydrogen) atoms. The summed E-state index contributed by atoms with van der Waals surface area (Å²) >= 11 is 0. The minimum atomic E-state index is -0.461. The number of unbranched alkanes of at least 4 members (excludes halogenated alkanes) is 15. The van der Waals surface area contributed by atoms with Crippen molar-refractivity contribution in [1.29, 1.82) is 0 Å². The van der Waals surface area contributed by atoms with Gasteiger partial charge in [0.2, 0.25) is 0 Å². The van der Waals surface area contributed by atoms with Crippen molar-refractivity contribution < 1.29 is 0 Å². The van der Waals surface area contributed by atoms with Crippen LogP contribution in [-0.2, 0) is 0 Å². The Morgan fingerprint density at radius 2 is 1.11 bits per heavy atom. The lowest BCUT2D eigenvalue weighted by Crippen LogP contribution is -2.23. The molecule has 0 unspecified atom stereocenters. The van der Waals surface area contributed by atoms with E-state index in [1.807, 2.05) is 0 Å². The van der Waals surface area contributed by atoms with Gasteiger partial charge in [0, 0.05) is 12.6 Å². The number of rotatable bonds is 18.